The molecular weight excluding hydrogens is 376 g/mol. The molecule has 0 spiro atoms. The van der Waals surface area contributed by atoms with Crippen LogP contribution in [0.2, 0.25) is 0 Å². The second-order valence-electron chi connectivity index (χ2n) is 5.79. The van der Waals surface area contributed by atoms with Crippen LogP contribution < -0.4 is 15.9 Å². The van der Waals surface area contributed by atoms with Gasteiger partial charge >= 0.3 is 0 Å². The van der Waals surface area contributed by atoms with Gasteiger partial charge in [0, 0.05) is 6.42 Å². The lowest BCUT2D eigenvalue weighted by molar-refractivity contribution is -0.113. The maximum Gasteiger partial charge on any atom is 0.234 e. The molecule has 0 radical (unpaired) electrons. The van der Waals surface area contributed by atoms with Crippen LogP contribution in [0.25, 0.3) is 0 Å². The summed E-state index contributed by atoms with van der Waals surface area (Å²) in [5.41, 5.74) is 1.90. The van der Waals surface area contributed by atoms with E-state index in [9.17, 15) is 4.79 Å². The number of methoxy groups -OCH3 is 1. The summed E-state index contributed by atoms with van der Waals surface area (Å²) in [5, 5.41) is 20.4. The molecule has 0 saturated carbocycles. The highest BCUT2D eigenvalue weighted by Crippen LogP contribution is 2.19. The van der Waals surface area contributed by atoms with Gasteiger partial charge in [0.1, 0.15) is 11.8 Å². The Bertz CT molecular complexity index is 1010. The molecule has 28 heavy (non-hydrogen) atoms. The highest BCUT2D eigenvalue weighted by Gasteiger charge is 2.13. The highest BCUT2D eigenvalue weighted by molar-refractivity contribution is 7.99. The molecule has 0 atom stereocenters. The largest absolute Gasteiger partial charge is 0.497 e. The number of carbonyl (C=O) groups is 1. The Morgan fingerprint density at radius 1 is 1.25 bits per heavy atom. The molecule has 142 valence electrons. The fraction of sp³-hybridized carbons (Fsp3) is 0.158. The van der Waals surface area contributed by atoms with Crippen LogP contribution in [0.1, 0.15) is 17.0 Å². The molecule has 1 heterocycles. The molecule has 0 bridgehead atoms. The number of rotatable bonds is 7. The minimum absolute atomic E-state index is 0.0949. The van der Waals surface area contributed by atoms with Gasteiger partial charge in [0.15, 0.2) is 5.82 Å². The number of anilines is 1. The number of benzene rings is 2. The van der Waals surface area contributed by atoms with E-state index in [-0.39, 0.29) is 11.7 Å². The normalized spacial score (nSPS) is 10.3. The van der Waals surface area contributed by atoms with Crippen molar-refractivity contribution in [2.75, 3.05) is 24.0 Å². The molecule has 0 aliphatic heterocycles. The Morgan fingerprint density at radius 3 is 2.71 bits per heavy atom. The van der Waals surface area contributed by atoms with Gasteiger partial charge in [-0.15, -0.1) is 10.2 Å². The summed E-state index contributed by atoms with van der Waals surface area (Å²) in [5.74, 6) is 7.26. The zero-order valence-electron chi connectivity index (χ0n) is 15.1. The van der Waals surface area contributed by atoms with Gasteiger partial charge < -0.3 is 15.9 Å². The zero-order valence-corrected chi connectivity index (χ0v) is 15.9. The minimum Gasteiger partial charge on any atom is -0.497 e. The fourth-order valence-corrected chi connectivity index (χ4v) is 3.13. The number of nitrogens with one attached hydrogen (secondary N) is 1. The van der Waals surface area contributed by atoms with E-state index in [0.29, 0.717) is 28.7 Å². The van der Waals surface area contributed by atoms with Crippen LogP contribution in [0.15, 0.2) is 53.7 Å². The molecule has 3 rings (SSSR count). The molecule has 2 aromatic carbocycles. The number of para-hydroxylation sites is 1. The molecule has 0 fully saturated rings. The van der Waals surface area contributed by atoms with Gasteiger partial charge in [-0.3, -0.25) is 4.79 Å². The lowest BCUT2D eigenvalue weighted by Gasteiger charge is -2.07. The summed E-state index contributed by atoms with van der Waals surface area (Å²) < 4.78 is 6.52. The van der Waals surface area contributed by atoms with Crippen molar-refractivity contribution in [3.05, 3.63) is 65.5 Å². The van der Waals surface area contributed by atoms with E-state index in [1.54, 1.807) is 31.4 Å². The van der Waals surface area contributed by atoms with E-state index in [4.69, 9.17) is 15.8 Å². The second kappa shape index (κ2) is 8.92. The third-order valence-corrected chi connectivity index (χ3v) is 4.85. The molecule has 0 saturated heterocycles. The van der Waals surface area contributed by atoms with Crippen molar-refractivity contribution >= 4 is 23.4 Å². The van der Waals surface area contributed by atoms with Crippen molar-refractivity contribution in [3.8, 4) is 11.8 Å². The predicted octanol–water partition coefficient (Wildman–Crippen LogP) is 2.19. The van der Waals surface area contributed by atoms with Crippen LogP contribution in [0, 0.1) is 11.3 Å². The number of nitrogens with two attached hydrogens (primary N) is 1. The molecular formula is C19H18N6O2S. The lowest BCUT2D eigenvalue weighted by atomic mass is 10.1. The average molecular weight is 394 g/mol. The molecule has 1 aromatic heterocycles. The van der Waals surface area contributed by atoms with Gasteiger partial charge in [0.25, 0.3) is 0 Å². The van der Waals surface area contributed by atoms with Crippen LogP contribution in [0.5, 0.6) is 5.75 Å². The van der Waals surface area contributed by atoms with Crippen molar-refractivity contribution in [1.82, 2.24) is 14.9 Å². The number of nitriles is 1. The van der Waals surface area contributed by atoms with Crippen LogP contribution in [0.3, 0.4) is 0 Å². The third-order valence-electron chi connectivity index (χ3n) is 3.91. The smallest absolute Gasteiger partial charge is 0.234 e. The number of carbonyl (C=O) groups excluding carboxylic acids is 1. The van der Waals surface area contributed by atoms with Crippen LogP contribution in [-0.4, -0.2) is 33.6 Å². The van der Waals surface area contributed by atoms with Gasteiger partial charge in [-0.25, -0.2) is 4.68 Å². The van der Waals surface area contributed by atoms with E-state index >= 15 is 0 Å². The van der Waals surface area contributed by atoms with Crippen molar-refractivity contribution in [1.29, 1.82) is 5.26 Å². The van der Waals surface area contributed by atoms with Crippen LogP contribution >= 0.6 is 11.8 Å². The minimum atomic E-state index is -0.257. The summed E-state index contributed by atoms with van der Waals surface area (Å²) in [6.07, 6.45) is 0.510. The Balaban J connectivity index is 1.59. The first-order chi connectivity index (χ1) is 13.6. The molecule has 8 nitrogen and oxygen atoms in total. The van der Waals surface area contributed by atoms with Crippen molar-refractivity contribution < 1.29 is 9.53 Å². The monoisotopic (exact) mass is 394 g/mol. The summed E-state index contributed by atoms with van der Waals surface area (Å²) in [4.78, 5) is 12.2. The van der Waals surface area contributed by atoms with Crippen molar-refractivity contribution in [2.24, 2.45) is 0 Å². The molecule has 0 aliphatic rings. The number of nitrogen functional groups attached to an aromatic ring is 1. The summed E-state index contributed by atoms with van der Waals surface area (Å²) in [6, 6.07) is 16.5. The average Bonchev–Trinajstić information content (AvgIpc) is 3.07. The predicted molar refractivity (Wildman–Crippen MR) is 106 cm³/mol. The maximum absolute atomic E-state index is 12.2. The quantitative estimate of drug-likeness (QED) is 0.466. The van der Waals surface area contributed by atoms with Crippen molar-refractivity contribution in [3.63, 3.8) is 0 Å². The van der Waals surface area contributed by atoms with E-state index in [1.165, 1.54) is 16.4 Å². The molecule has 0 unspecified atom stereocenters. The standard InChI is InChI=1S/C19H18N6O2S/c1-27-15-8-6-13(7-9-15)10-17-23-24-19(25(17)21)28-12-18(26)22-16-5-3-2-4-14(16)11-20/h2-9H,10,12,21H2,1H3,(H,22,26). The van der Waals surface area contributed by atoms with E-state index in [1.807, 2.05) is 30.3 Å². The topological polar surface area (TPSA) is 119 Å². The summed E-state index contributed by atoms with van der Waals surface area (Å²) in [6.45, 7) is 0. The Kier molecular flexibility index (Phi) is 6.14. The number of amides is 1. The van der Waals surface area contributed by atoms with Gasteiger partial charge in [0.2, 0.25) is 11.1 Å². The van der Waals surface area contributed by atoms with Gasteiger partial charge in [-0.1, -0.05) is 36.0 Å². The molecule has 3 aromatic rings. The first-order valence-corrected chi connectivity index (χ1v) is 9.33. The van der Waals surface area contributed by atoms with E-state index in [2.05, 4.69) is 15.5 Å². The third kappa shape index (κ3) is 4.61. The summed E-state index contributed by atoms with van der Waals surface area (Å²) in [7, 11) is 1.62. The Morgan fingerprint density at radius 2 is 2.00 bits per heavy atom. The van der Waals surface area contributed by atoms with Crippen molar-refractivity contribution in [2.45, 2.75) is 11.6 Å². The number of aromatic nitrogens is 3. The number of ether oxygens (including phenoxy) is 1. The SMILES string of the molecule is COc1ccc(Cc2nnc(SCC(=O)Nc3ccccc3C#N)n2N)cc1. The molecule has 0 aliphatic carbocycles. The maximum atomic E-state index is 12.2. The fourth-order valence-electron chi connectivity index (χ4n) is 2.46. The molecule has 9 heteroatoms. The number of nitrogens with zero attached hydrogens (tertiary/aromatic N) is 4. The molecule has 1 amide bonds. The van der Waals surface area contributed by atoms with E-state index in [0.717, 1.165) is 11.3 Å². The summed E-state index contributed by atoms with van der Waals surface area (Å²) >= 11 is 1.17. The number of hydrogen-bond donors (Lipinski definition) is 2. The molecule has 3 N–H and O–H groups in total. The van der Waals surface area contributed by atoms with Gasteiger partial charge in [-0.2, -0.15) is 5.26 Å². The van der Waals surface area contributed by atoms with Crippen LogP contribution in [0.4, 0.5) is 5.69 Å². The first kappa shape index (κ1) is 19.3. The Labute approximate surface area is 166 Å². The second-order valence-corrected chi connectivity index (χ2v) is 6.73. The van der Waals surface area contributed by atoms with Gasteiger partial charge in [0.05, 0.1) is 24.1 Å². The Hall–Kier alpha value is -3.51. The number of thioether (sulfide) groups is 1. The number of hydrogen-bond acceptors (Lipinski definition) is 7. The lowest BCUT2D eigenvalue weighted by Crippen LogP contribution is -2.17. The highest BCUT2D eigenvalue weighted by atomic mass is 32.2. The zero-order chi connectivity index (χ0) is 19.9. The van der Waals surface area contributed by atoms with E-state index < -0.39 is 0 Å². The van der Waals surface area contributed by atoms with Crippen LogP contribution in [-0.2, 0) is 11.2 Å². The first-order valence-electron chi connectivity index (χ1n) is 8.34. The van der Waals surface area contributed by atoms with Gasteiger partial charge in [-0.05, 0) is 29.8 Å².